The molecule has 15 heavy (non-hydrogen) atoms. The molecule has 0 spiro atoms. The van der Waals surface area contributed by atoms with E-state index in [1.165, 1.54) is 12.1 Å². The van der Waals surface area contributed by atoms with Gasteiger partial charge in [0.05, 0.1) is 0 Å². The van der Waals surface area contributed by atoms with Crippen molar-refractivity contribution in [1.29, 1.82) is 0 Å². The van der Waals surface area contributed by atoms with E-state index < -0.39 is 0 Å². The van der Waals surface area contributed by atoms with Crippen molar-refractivity contribution >= 4 is 5.69 Å². The fourth-order valence-electron chi connectivity index (χ4n) is 2.14. The average molecular weight is 204 g/mol. The van der Waals surface area contributed by atoms with Crippen LogP contribution in [0.1, 0.15) is 20.3 Å². The first kappa shape index (κ1) is 10.5. The van der Waals surface area contributed by atoms with E-state index in [0.717, 1.165) is 19.6 Å². The monoisotopic (exact) mass is 204 g/mol. The lowest BCUT2D eigenvalue weighted by atomic mass is 9.95. The summed E-state index contributed by atoms with van der Waals surface area (Å²) in [5.74, 6) is 0. The molecular weight excluding hydrogens is 184 g/mol. The molecule has 1 aliphatic rings. The third kappa shape index (κ3) is 2.32. The first-order valence-corrected chi connectivity index (χ1v) is 5.78. The zero-order valence-corrected chi connectivity index (χ0v) is 9.66. The Labute approximate surface area is 92.3 Å². The van der Waals surface area contributed by atoms with Gasteiger partial charge in [-0.1, -0.05) is 25.1 Å². The van der Waals surface area contributed by atoms with Crippen LogP contribution < -0.4 is 10.2 Å². The number of nitrogens with one attached hydrogen (secondary N) is 1. The van der Waals surface area contributed by atoms with Crippen molar-refractivity contribution in [2.24, 2.45) is 0 Å². The van der Waals surface area contributed by atoms with Crippen molar-refractivity contribution in [2.75, 3.05) is 24.5 Å². The first-order chi connectivity index (χ1) is 7.23. The minimum absolute atomic E-state index is 0.272. The first-order valence-electron chi connectivity index (χ1n) is 5.78. The van der Waals surface area contributed by atoms with Gasteiger partial charge in [-0.2, -0.15) is 0 Å². The van der Waals surface area contributed by atoms with Crippen molar-refractivity contribution < 1.29 is 0 Å². The Bertz CT molecular complexity index is 310. The SMILES string of the molecule is CCC1(C)CN(c2ccccc2)CCN1. The maximum Gasteiger partial charge on any atom is 0.0367 e. The highest BCUT2D eigenvalue weighted by Gasteiger charge is 2.28. The molecular formula is C13H20N2. The molecule has 1 unspecified atom stereocenters. The fourth-order valence-corrected chi connectivity index (χ4v) is 2.14. The Kier molecular flexibility index (Phi) is 2.96. The Morgan fingerprint density at radius 1 is 1.33 bits per heavy atom. The van der Waals surface area contributed by atoms with Gasteiger partial charge >= 0.3 is 0 Å². The number of piperazine rings is 1. The number of para-hydroxylation sites is 1. The zero-order chi connectivity index (χ0) is 10.7. The lowest BCUT2D eigenvalue weighted by Gasteiger charge is -2.42. The van der Waals surface area contributed by atoms with Gasteiger partial charge < -0.3 is 10.2 Å². The largest absolute Gasteiger partial charge is 0.368 e. The van der Waals surface area contributed by atoms with E-state index in [4.69, 9.17) is 0 Å². The predicted molar refractivity (Wildman–Crippen MR) is 65.4 cm³/mol. The molecule has 1 saturated heterocycles. The number of anilines is 1. The normalized spacial score (nSPS) is 26.7. The van der Waals surface area contributed by atoms with Crippen LogP contribution in [0.2, 0.25) is 0 Å². The summed E-state index contributed by atoms with van der Waals surface area (Å²) < 4.78 is 0. The molecule has 1 atom stereocenters. The molecule has 0 aliphatic carbocycles. The minimum Gasteiger partial charge on any atom is -0.368 e. The van der Waals surface area contributed by atoms with Crippen LogP contribution in [0.15, 0.2) is 30.3 Å². The summed E-state index contributed by atoms with van der Waals surface area (Å²) in [5, 5.41) is 3.60. The summed E-state index contributed by atoms with van der Waals surface area (Å²) in [6.07, 6.45) is 1.18. The van der Waals surface area contributed by atoms with E-state index in [1.54, 1.807) is 0 Å². The molecule has 0 bridgehead atoms. The van der Waals surface area contributed by atoms with Gasteiger partial charge in [0.2, 0.25) is 0 Å². The molecule has 2 rings (SSSR count). The molecule has 1 N–H and O–H groups in total. The van der Waals surface area contributed by atoms with Crippen molar-refractivity contribution in [1.82, 2.24) is 5.32 Å². The molecule has 0 radical (unpaired) electrons. The summed E-state index contributed by atoms with van der Waals surface area (Å²) in [4.78, 5) is 2.47. The Morgan fingerprint density at radius 3 is 2.73 bits per heavy atom. The van der Waals surface area contributed by atoms with Gasteiger partial charge in [-0.3, -0.25) is 0 Å². The summed E-state index contributed by atoms with van der Waals surface area (Å²) in [6, 6.07) is 10.7. The smallest absolute Gasteiger partial charge is 0.0367 e. The Hall–Kier alpha value is -1.02. The minimum atomic E-state index is 0.272. The van der Waals surface area contributed by atoms with E-state index in [2.05, 4.69) is 54.4 Å². The molecule has 0 aromatic heterocycles. The number of hydrogen-bond donors (Lipinski definition) is 1. The second-order valence-electron chi connectivity index (χ2n) is 4.60. The van der Waals surface area contributed by atoms with Crippen LogP contribution >= 0.6 is 0 Å². The molecule has 1 aliphatic heterocycles. The Morgan fingerprint density at radius 2 is 2.07 bits per heavy atom. The van der Waals surface area contributed by atoms with E-state index in [0.29, 0.717) is 0 Å². The number of hydrogen-bond acceptors (Lipinski definition) is 2. The average Bonchev–Trinajstić information content (AvgIpc) is 2.30. The lowest BCUT2D eigenvalue weighted by molar-refractivity contribution is 0.314. The van der Waals surface area contributed by atoms with Crippen LogP contribution in [0, 0.1) is 0 Å². The molecule has 1 fully saturated rings. The number of benzene rings is 1. The third-order valence-corrected chi connectivity index (χ3v) is 3.38. The van der Waals surface area contributed by atoms with Crippen LogP contribution in [0.4, 0.5) is 5.69 Å². The quantitative estimate of drug-likeness (QED) is 0.795. The summed E-state index contributed by atoms with van der Waals surface area (Å²) in [6.45, 7) is 7.86. The van der Waals surface area contributed by atoms with Crippen LogP contribution in [-0.2, 0) is 0 Å². The van der Waals surface area contributed by atoms with Gasteiger partial charge in [-0.05, 0) is 25.5 Å². The van der Waals surface area contributed by atoms with E-state index in [1.807, 2.05) is 0 Å². The lowest BCUT2D eigenvalue weighted by Crippen LogP contribution is -2.58. The highest BCUT2D eigenvalue weighted by atomic mass is 15.2. The topological polar surface area (TPSA) is 15.3 Å². The van der Waals surface area contributed by atoms with Crippen LogP contribution in [0.25, 0.3) is 0 Å². The second kappa shape index (κ2) is 4.23. The fraction of sp³-hybridized carbons (Fsp3) is 0.538. The molecule has 82 valence electrons. The molecule has 1 aromatic carbocycles. The van der Waals surface area contributed by atoms with Crippen molar-refractivity contribution in [3.8, 4) is 0 Å². The van der Waals surface area contributed by atoms with E-state index >= 15 is 0 Å². The number of rotatable bonds is 2. The zero-order valence-electron chi connectivity index (χ0n) is 9.66. The summed E-state index contributed by atoms with van der Waals surface area (Å²) >= 11 is 0. The van der Waals surface area contributed by atoms with Crippen LogP contribution in [0.5, 0.6) is 0 Å². The van der Waals surface area contributed by atoms with Gasteiger partial charge in [0.25, 0.3) is 0 Å². The van der Waals surface area contributed by atoms with Gasteiger partial charge in [0.1, 0.15) is 0 Å². The summed E-state index contributed by atoms with van der Waals surface area (Å²) in [5.41, 5.74) is 1.62. The molecule has 1 aromatic rings. The van der Waals surface area contributed by atoms with Crippen LogP contribution in [0.3, 0.4) is 0 Å². The second-order valence-corrected chi connectivity index (χ2v) is 4.60. The maximum atomic E-state index is 3.60. The highest BCUT2D eigenvalue weighted by molar-refractivity contribution is 5.47. The van der Waals surface area contributed by atoms with Crippen molar-refractivity contribution in [3.63, 3.8) is 0 Å². The van der Waals surface area contributed by atoms with Crippen LogP contribution in [-0.4, -0.2) is 25.2 Å². The van der Waals surface area contributed by atoms with Gasteiger partial charge in [-0.25, -0.2) is 0 Å². The summed E-state index contributed by atoms with van der Waals surface area (Å²) in [7, 11) is 0. The van der Waals surface area contributed by atoms with Gasteiger partial charge in [0, 0.05) is 30.9 Å². The molecule has 1 heterocycles. The third-order valence-electron chi connectivity index (χ3n) is 3.38. The number of nitrogens with zero attached hydrogens (tertiary/aromatic N) is 1. The van der Waals surface area contributed by atoms with Gasteiger partial charge in [0.15, 0.2) is 0 Å². The predicted octanol–water partition coefficient (Wildman–Crippen LogP) is 2.26. The maximum absolute atomic E-state index is 3.60. The Balaban J connectivity index is 2.11. The molecule has 0 saturated carbocycles. The highest BCUT2D eigenvalue weighted by Crippen LogP contribution is 2.21. The van der Waals surface area contributed by atoms with E-state index in [-0.39, 0.29) is 5.54 Å². The molecule has 2 heteroatoms. The standard InChI is InChI=1S/C13H20N2/c1-3-13(2)11-15(10-9-14-13)12-7-5-4-6-8-12/h4-8,14H,3,9-11H2,1-2H3. The van der Waals surface area contributed by atoms with Crippen molar-refractivity contribution in [2.45, 2.75) is 25.8 Å². The molecule has 0 amide bonds. The van der Waals surface area contributed by atoms with Gasteiger partial charge in [-0.15, -0.1) is 0 Å². The molecule has 2 nitrogen and oxygen atoms in total. The van der Waals surface area contributed by atoms with Crippen molar-refractivity contribution in [3.05, 3.63) is 30.3 Å². The van der Waals surface area contributed by atoms with E-state index in [9.17, 15) is 0 Å².